The second-order valence-electron chi connectivity index (χ2n) is 4.39. The van der Waals surface area contributed by atoms with Gasteiger partial charge in [0.1, 0.15) is 5.75 Å². The molecule has 0 aromatic heterocycles. The summed E-state index contributed by atoms with van der Waals surface area (Å²) in [5.41, 5.74) is 1.01. The molecular weight excluding hydrogens is 271 g/mol. The van der Waals surface area contributed by atoms with E-state index in [-0.39, 0.29) is 5.75 Å². The molecule has 0 amide bonds. The van der Waals surface area contributed by atoms with Gasteiger partial charge >= 0.3 is 6.36 Å². The molecule has 0 aliphatic rings. The van der Waals surface area contributed by atoms with E-state index in [1.54, 1.807) is 19.2 Å². The molecule has 0 atom stereocenters. The first kappa shape index (κ1) is 16.8. The van der Waals surface area contributed by atoms with Crippen LogP contribution in [0, 0.1) is 0 Å². The fourth-order valence-electron chi connectivity index (χ4n) is 1.74. The van der Waals surface area contributed by atoms with Crippen molar-refractivity contribution in [2.45, 2.75) is 25.6 Å². The number of nitrogens with one attached hydrogen (secondary N) is 1. The lowest BCUT2D eigenvalue weighted by Crippen LogP contribution is -2.20. The van der Waals surface area contributed by atoms with Crippen molar-refractivity contribution >= 4 is 0 Å². The van der Waals surface area contributed by atoms with Crippen LogP contribution in [-0.2, 0) is 11.2 Å². The first-order valence-corrected chi connectivity index (χ1v) is 6.55. The van der Waals surface area contributed by atoms with E-state index < -0.39 is 6.36 Å². The average Bonchev–Trinajstić information content (AvgIpc) is 2.38. The van der Waals surface area contributed by atoms with Gasteiger partial charge in [-0.05, 0) is 43.5 Å². The number of halogens is 3. The second kappa shape index (κ2) is 8.81. The minimum absolute atomic E-state index is 0.178. The molecule has 1 aromatic carbocycles. The van der Waals surface area contributed by atoms with E-state index in [1.165, 1.54) is 12.1 Å². The van der Waals surface area contributed by atoms with E-state index in [0.29, 0.717) is 6.61 Å². The Balaban J connectivity index is 2.18. The minimum Gasteiger partial charge on any atom is -0.406 e. The molecule has 0 heterocycles. The third kappa shape index (κ3) is 8.01. The molecule has 114 valence electrons. The van der Waals surface area contributed by atoms with Gasteiger partial charge in [0.2, 0.25) is 0 Å². The first-order chi connectivity index (χ1) is 9.51. The monoisotopic (exact) mass is 291 g/mol. The van der Waals surface area contributed by atoms with Crippen LogP contribution in [0.2, 0.25) is 0 Å². The van der Waals surface area contributed by atoms with Gasteiger partial charge in [-0.3, -0.25) is 0 Å². The Bertz CT molecular complexity index is 366. The molecule has 0 spiro atoms. The molecular formula is C14H20F3NO2. The lowest BCUT2D eigenvalue weighted by molar-refractivity contribution is -0.274. The van der Waals surface area contributed by atoms with Crippen molar-refractivity contribution in [3.63, 3.8) is 0 Å². The Kier molecular flexibility index (Phi) is 7.40. The van der Waals surface area contributed by atoms with Gasteiger partial charge in [0.25, 0.3) is 0 Å². The van der Waals surface area contributed by atoms with E-state index in [2.05, 4.69) is 10.1 Å². The summed E-state index contributed by atoms with van der Waals surface area (Å²) in [7, 11) is 1.66. The lowest BCUT2D eigenvalue weighted by atomic mass is 10.1. The second-order valence-corrected chi connectivity index (χ2v) is 4.39. The molecule has 0 saturated heterocycles. The normalized spacial score (nSPS) is 11.6. The van der Waals surface area contributed by atoms with Gasteiger partial charge < -0.3 is 14.8 Å². The smallest absolute Gasteiger partial charge is 0.406 e. The average molecular weight is 291 g/mol. The third-order valence-corrected chi connectivity index (χ3v) is 2.71. The van der Waals surface area contributed by atoms with Crippen LogP contribution in [0.4, 0.5) is 13.2 Å². The van der Waals surface area contributed by atoms with Crippen LogP contribution in [0.25, 0.3) is 0 Å². The Morgan fingerprint density at radius 2 is 1.75 bits per heavy atom. The van der Waals surface area contributed by atoms with Gasteiger partial charge in [-0.25, -0.2) is 0 Å². The molecule has 0 aliphatic heterocycles. The predicted molar refractivity (Wildman–Crippen MR) is 70.8 cm³/mol. The quantitative estimate of drug-likeness (QED) is 0.709. The fourth-order valence-corrected chi connectivity index (χ4v) is 1.74. The zero-order chi connectivity index (χ0) is 14.8. The maximum atomic E-state index is 12.0. The zero-order valence-electron chi connectivity index (χ0n) is 11.5. The van der Waals surface area contributed by atoms with Crippen molar-refractivity contribution in [3.8, 4) is 5.75 Å². The number of hydrogen-bond donors (Lipinski definition) is 1. The minimum atomic E-state index is -4.63. The summed E-state index contributed by atoms with van der Waals surface area (Å²) in [6.45, 7) is 2.44. The summed E-state index contributed by atoms with van der Waals surface area (Å²) >= 11 is 0. The molecule has 1 rings (SSSR count). The highest BCUT2D eigenvalue weighted by Gasteiger charge is 2.30. The van der Waals surface area contributed by atoms with Crippen LogP contribution < -0.4 is 10.1 Å². The first-order valence-electron chi connectivity index (χ1n) is 6.55. The molecule has 0 fully saturated rings. The molecule has 3 nitrogen and oxygen atoms in total. The molecule has 0 unspecified atom stereocenters. The van der Waals surface area contributed by atoms with Gasteiger partial charge in [0, 0.05) is 13.7 Å². The van der Waals surface area contributed by atoms with E-state index in [0.717, 1.165) is 37.9 Å². The molecule has 6 heteroatoms. The zero-order valence-corrected chi connectivity index (χ0v) is 11.5. The fraction of sp³-hybridized carbons (Fsp3) is 0.571. The van der Waals surface area contributed by atoms with E-state index in [1.807, 2.05) is 0 Å². The molecule has 0 radical (unpaired) electrons. The van der Waals surface area contributed by atoms with Crippen LogP contribution >= 0.6 is 0 Å². The standard InChI is InChI=1S/C14H20F3NO2/c1-19-11-10-18-9-3-2-4-12-5-7-13(8-6-12)20-14(15,16)17/h5-8,18H,2-4,9-11H2,1H3. The summed E-state index contributed by atoms with van der Waals surface area (Å²) in [6, 6.07) is 6.03. The Morgan fingerprint density at radius 1 is 1.05 bits per heavy atom. The number of alkyl halides is 3. The highest BCUT2D eigenvalue weighted by molar-refractivity contribution is 5.27. The van der Waals surface area contributed by atoms with Crippen molar-refractivity contribution in [2.75, 3.05) is 26.8 Å². The van der Waals surface area contributed by atoms with Crippen molar-refractivity contribution in [2.24, 2.45) is 0 Å². The van der Waals surface area contributed by atoms with Crippen molar-refractivity contribution < 1.29 is 22.6 Å². The Hall–Kier alpha value is -1.27. The van der Waals surface area contributed by atoms with Crippen LogP contribution in [0.15, 0.2) is 24.3 Å². The molecule has 0 saturated carbocycles. The van der Waals surface area contributed by atoms with Gasteiger partial charge in [0.15, 0.2) is 0 Å². The number of methoxy groups -OCH3 is 1. The Morgan fingerprint density at radius 3 is 2.35 bits per heavy atom. The van der Waals surface area contributed by atoms with Crippen molar-refractivity contribution in [1.82, 2.24) is 5.32 Å². The Labute approximate surface area is 117 Å². The summed E-state index contributed by atoms with van der Waals surface area (Å²) < 4.78 is 44.7. The maximum absolute atomic E-state index is 12.0. The molecule has 0 aliphatic carbocycles. The van der Waals surface area contributed by atoms with Crippen LogP contribution in [-0.4, -0.2) is 33.2 Å². The number of rotatable bonds is 9. The van der Waals surface area contributed by atoms with Gasteiger partial charge in [-0.15, -0.1) is 13.2 Å². The number of ether oxygens (including phenoxy) is 2. The summed E-state index contributed by atoms with van der Waals surface area (Å²) in [6.07, 6.45) is -1.78. The molecule has 1 aromatic rings. The summed E-state index contributed by atoms with van der Waals surface area (Å²) in [5, 5.41) is 3.24. The molecule has 20 heavy (non-hydrogen) atoms. The van der Waals surface area contributed by atoms with Gasteiger partial charge in [-0.1, -0.05) is 12.1 Å². The van der Waals surface area contributed by atoms with Crippen LogP contribution in [0.5, 0.6) is 5.75 Å². The molecule has 1 N–H and O–H groups in total. The third-order valence-electron chi connectivity index (χ3n) is 2.71. The molecule has 0 bridgehead atoms. The summed E-state index contributed by atoms with van der Waals surface area (Å²) in [4.78, 5) is 0. The van der Waals surface area contributed by atoms with E-state index in [9.17, 15) is 13.2 Å². The van der Waals surface area contributed by atoms with Gasteiger partial charge in [0.05, 0.1) is 6.61 Å². The number of hydrogen-bond acceptors (Lipinski definition) is 3. The maximum Gasteiger partial charge on any atom is 0.573 e. The number of benzene rings is 1. The topological polar surface area (TPSA) is 30.5 Å². The highest BCUT2D eigenvalue weighted by Crippen LogP contribution is 2.23. The highest BCUT2D eigenvalue weighted by atomic mass is 19.4. The van der Waals surface area contributed by atoms with Crippen molar-refractivity contribution in [3.05, 3.63) is 29.8 Å². The number of unbranched alkanes of at least 4 members (excludes halogenated alkanes) is 1. The predicted octanol–water partition coefficient (Wildman–Crippen LogP) is 3.14. The largest absolute Gasteiger partial charge is 0.573 e. The van der Waals surface area contributed by atoms with Crippen molar-refractivity contribution in [1.29, 1.82) is 0 Å². The lowest BCUT2D eigenvalue weighted by Gasteiger charge is -2.09. The van der Waals surface area contributed by atoms with E-state index >= 15 is 0 Å². The van der Waals surface area contributed by atoms with Crippen LogP contribution in [0.3, 0.4) is 0 Å². The SMILES string of the molecule is COCCNCCCCc1ccc(OC(F)(F)F)cc1. The van der Waals surface area contributed by atoms with Crippen LogP contribution in [0.1, 0.15) is 18.4 Å². The van der Waals surface area contributed by atoms with E-state index in [4.69, 9.17) is 4.74 Å². The number of aryl methyl sites for hydroxylation is 1. The summed E-state index contributed by atoms with van der Waals surface area (Å²) in [5.74, 6) is -0.178. The van der Waals surface area contributed by atoms with Gasteiger partial charge in [-0.2, -0.15) is 0 Å².